The Balaban J connectivity index is 1.31. The monoisotopic (exact) mass is 516 g/mol. The smallest absolute Gasteiger partial charge is 0.306 e. The Hall–Kier alpha value is -3.64. The summed E-state index contributed by atoms with van der Waals surface area (Å²) in [4.78, 5) is 21.9. The largest absolute Gasteiger partial charge is 0.492 e. The molecule has 38 heavy (non-hydrogen) atoms. The van der Waals surface area contributed by atoms with E-state index in [1.807, 2.05) is 31.3 Å². The van der Waals surface area contributed by atoms with E-state index in [0.717, 1.165) is 54.9 Å². The first kappa shape index (κ1) is 26.0. The highest BCUT2D eigenvalue weighted by atomic mass is 16.5. The van der Waals surface area contributed by atoms with Crippen LogP contribution in [0.1, 0.15) is 44.6 Å². The minimum atomic E-state index is -0.0817. The molecule has 1 aliphatic heterocycles. The number of pyridine rings is 2. The summed E-state index contributed by atoms with van der Waals surface area (Å²) in [6, 6.07) is 8.25. The van der Waals surface area contributed by atoms with Gasteiger partial charge in [-0.2, -0.15) is 10.4 Å². The van der Waals surface area contributed by atoms with E-state index in [2.05, 4.69) is 35.1 Å². The van der Waals surface area contributed by atoms with E-state index in [9.17, 15) is 10.1 Å². The number of esters is 1. The van der Waals surface area contributed by atoms with Gasteiger partial charge in [-0.25, -0.2) is 9.50 Å². The first-order valence-corrected chi connectivity index (χ1v) is 13.5. The molecule has 0 atom stereocenters. The molecule has 1 saturated carbocycles. The summed E-state index contributed by atoms with van der Waals surface area (Å²) in [7, 11) is 4.14. The molecule has 0 N–H and O–H groups in total. The zero-order chi connectivity index (χ0) is 26.7. The van der Waals surface area contributed by atoms with Crippen LogP contribution in [0.4, 0.5) is 5.82 Å². The molecule has 0 amide bonds. The molecule has 0 unspecified atom stereocenters. The minimum Gasteiger partial charge on any atom is -0.492 e. The minimum absolute atomic E-state index is 0.0631. The molecule has 200 valence electrons. The molecule has 3 aromatic rings. The Morgan fingerprint density at radius 3 is 2.66 bits per heavy atom. The van der Waals surface area contributed by atoms with Crippen LogP contribution in [0.15, 0.2) is 36.8 Å². The summed E-state index contributed by atoms with van der Waals surface area (Å²) in [6.07, 6.45) is 9.87. The first-order valence-electron chi connectivity index (χ1n) is 13.5. The fourth-order valence-electron chi connectivity index (χ4n) is 5.50. The molecular weight excluding hydrogens is 480 g/mol. The van der Waals surface area contributed by atoms with Crippen molar-refractivity contribution in [2.75, 3.05) is 51.8 Å². The van der Waals surface area contributed by atoms with Crippen LogP contribution in [0.5, 0.6) is 5.75 Å². The van der Waals surface area contributed by atoms with Crippen LogP contribution in [0.2, 0.25) is 0 Å². The van der Waals surface area contributed by atoms with Gasteiger partial charge in [0, 0.05) is 37.0 Å². The van der Waals surface area contributed by atoms with Crippen molar-refractivity contribution in [3.8, 4) is 22.9 Å². The van der Waals surface area contributed by atoms with Gasteiger partial charge in [-0.05, 0) is 76.2 Å². The van der Waals surface area contributed by atoms with Gasteiger partial charge in [0.15, 0.2) is 0 Å². The van der Waals surface area contributed by atoms with Crippen molar-refractivity contribution in [1.29, 1.82) is 5.26 Å². The van der Waals surface area contributed by atoms with Crippen molar-refractivity contribution in [2.24, 2.45) is 11.3 Å². The molecule has 0 radical (unpaired) electrons. The molecule has 5 rings (SSSR count). The van der Waals surface area contributed by atoms with Crippen LogP contribution in [-0.2, 0) is 9.53 Å². The third kappa shape index (κ3) is 5.76. The van der Waals surface area contributed by atoms with Gasteiger partial charge in [0.1, 0.15) is 17.6 Å². The van der Waals surface area contributed by atoms with Crippen LogP contribution >= 0.6 is 0 Å². The van der Waals surface area contributed by atoms with Gasteiger partial charge >= 0.3 is 5.97 Å². The summed E-state index contributed by atoms with van der Waals surface area (Å²) in [5, 5.41) is 13.9. The number of ether oxygens (including phenoxy) is 2. The van der Waals surface area contributed by atoms with Gasteiger partial charge in [-0.1, -0.05) is 0 Å². The van der Waals surface area contributed by atoms with Gasteiger partial charge in [0.25, 0.3) is 0 Å². The first-order chi connectivity index (χ1) is 18.4. The Labute approximate surface area is 224 Å². The highest BCUT2D eigenvalue weighted by molar-refractivity contribution is 5.85. The predicted octanol–water partition coefficient (Wildman–Crippen LogP) is 4.16. The molecule has 0 spiro atoms. The maximum absolute atomic E-state index is 12.6. The Morgan fingerprint density at radius 1 is 1.24 bits per heavy atom. The summed E-state index contributed by atoms with van der Waals surface area (Å²) < 4.78 is 13.0. The normalized spacial score (nSPS) is 17.0. The van der Waals surface area contributed by atoms with Gasteiger partial charge in [0.05, 0.1) is 43.1 Å². The summed E-state index contributed by atoms with van der Waals surface area (Å²) in [6.45, 7) is 5.59. The lowest BCUT2D eigenvalue weighted by atomic mass is 9.75. The number of hydrogen-bond donors (Lipinski definition) is 0. The standard InChI is InChI=1S/C29H36N6O3/c1-4-37-24-13-25(28-23(15-30)17-32-35(28)18-24)22-7-8-26(31-16-22)34-11-9-29(10-12-34,20-33(2)3)14-27(36)38-19-21-5-6-21/h7-8,13,16-18,21H,4-6,9-12,14,19-20H2,1-3H3. The molecule has 3 aromatic heterocycles. The summed E-state index contributed by atoms with van der Waals surface area (Å²) >= 11 is 0. The lowest BCUT2D eigenvalue weighted by Gasteiger charge is -2.43. The number of carbonyl (C=O) groups excluding carboxylic acids is 1. The summed E-state index contributed by atoms with van der Waals surface area (Å²) in [5.74, 6) is 2.12. The Bertz CT molecular complexity index is 1310. The maximum Gasteiger partial charge on any atom is 0.306 e. The molecule has 0 aromatic carbocycles. The zero-order valence-electron chi connectivity index (χ0n) is 22.5. The van der Waals surface area contributed by atoms with E-state index in [1.54, 1.807) is 16.9 Å². The molecular formula is C29H36N6O3. The topological polar surface area (TPSA) is 96.0 Å². The highest BCUT2D eigenvalue weighted by Crippen LogP contribution is 2.38. The van der Waals surface area contributed by atoms with Crippen LogP contribution in [-0.4, -0.2) is 72.4 Å². The quantitative estimate of drug-likeness (QED) is 0.371. The van der Waals surface area contributed by atoms with Crippen molar-refractivity contribution in [2.45, 2.75) is 39.0 Å². The lowest BCUT2D eigenvalue weighted by Crippen LogP contribution is -2.46. The van der Waals surface area contributed by atoms with E-state index in [0.29, 0.717) is 36.9 Å². The van der Waals surface area contributed by atoms with Crippen LogP contribution in [0.3, 0.4) is 0 Å². The second-order valence-electron chi connectivity index (χ2n) is 10.9. The van der Waals surface area contributed by atoms with Gasteiger partial charge in [0.2, 0.25) is 0 Å². The van der Waals surface area contributed by atoms with Gasteiger partial charge in [-0.15, -0.1) is 0 Å². The molecule has 1 saturated heterocycles. The molecule has 0 bridgehead atoms. The fourth-order valence-corrected chi connectivity index (χ4v) is 5.50. The summed E-state index contributed by atoms with van der Waals surface area (Å²) in [5.41, 5.74) is 2.93. The van der Waals surface area contributed by atoms with E-state index < -0.39 is 0 Å². The van der Waals surface area contributed by atoms with E-state index >= 15 is 0 Å². The lowest BCUT2D eigenvalue weighted by molar-refractivity contribution is -0.147. The number of carbonyl (C=O) groups is 1. The van der Waals surface area contributed by atoms with Crippen molar-refractivity contribution in [3.05, 3.63) is 42.4 Å². The van der Waals surface area contributed by atoms with E-state index in [1.165, 1.54) is 12.8 Å². The number of anilines is 1. The molecule has 9 nitrogen and oxygen atoms in total. The van der Waals surface area contributed by atoms with E-state index in [4.69, 9.17) is 14.5 Å². The van der Waals surface area contributed by atoms with Crippen molar-refractivity contribution >= 4 is 17.3 Å². The predicted molar refractivity (Wildman–Crippen MR) is 145 cm³/mol. The average Bonchev–Trinajstić information content (AvgIpc) is 3.65. The number of nitriles is 1. The maximum atomic E-state index is 12.6. The number of fused-ring (bicyclic) bond motifs is 1. The molecule has 4 heterocycles. The third-order valence-corrected chi connectivity index (χ3v) is 7.57. The number of aromatic nitrogens is 3. The molecule has 9 heteroatoms. The van der Waals surface area contributed by atoms with Crippen LogP contribution in [0, 0.1) is 22.7 Å². The average molecular weight is 517 g/mol. The van der Waals surface area contributed by atoms with Crippen molar-refractivity contribution in [3.63, 3.8) is 0 Å². The molecule has 1 aliphatic carbocycles. The number of nitrogens with zero attached hydrogens (tertiary/aromatic N) is 6. The Morgan fingerprint density at radius 2 is 2.03 bits per heavy atom. The second-order valence-corrected chi connectivity index (χ2v) is 10.9. The fraction of sp³-hybridized carbons (Fsp3) is 0.517. The van der Waals surface area contributed by atoms with Crippen molar-refractivity contribution < 1.29 is 14.3 Å². The van der Waals surface area contributed by atoms with Gasteiger partial charge < -0.3 is 19.3 Å². The van der Waals surface area contributed by atoms with E-state index in [-0.39, 0.29) is 11.4 Å². The molecule has 2 fully saturated rings. The van der Waals surface area contributed by atoms with Crippen molar-refractivity contribution in [1.82, 2.24) is 19.5 Å². The van der Waals surface area contributed by atoms with Crippen LogP contribution in [0.25, 0.3) is 16.6 Å². The van der Waals surface area contributed by atoms with Crippen LogP contribution < -0.4 is 9.64 Å². The highest BCUT2D eigenvalue weighted by Gasteiger charge is 2.38. The zero-order valence-corrected chi connectivity index (χ0v) is 22.5. The SMILES string of the molecule is CCOc1cc(-c2ccc(N3CCC(CC(=O)OCC4CC4)(CN(C)C)CC3)nc2)c2c(C#N)cnn2c1. The number of piperidine rings is 1. The second kappa shape index (κ2) is 11.0. The van der Waals surface area contributed by atoms with Gasteiger partial charge in [-0.3, -0.25) is 4.79 Å². The Kier molecular flexibility index (Phi) is 7.52. The number of hydrogen-bond acceptors (Lipinski definition) is 8. The molecule has 2 aliphatic rings. The number of rotatable bonds is 10. The third-order valence-electron chi connectivity index (χ3n) is 7.57.